The van der Waals surface area contributed by atoms with Crippen molar-refractivity contribution in [2.24, 2.45) is 0 Å². The van der Waals surface area contributed by atoms with Gasteiger partial charge in [-0.25, -0.2) is 9.18 Å². The lowest BCUT2D eigenvalue weighted by Crippen LogP contribution is -2.39. The minimum absolute atomic E-state index is 0.0196. The molecule has 0 fully saturated rings. The number of hydrogen-bond donors (Lipinski definition) is 2. The van der Waals surface area contributed by atoms with E-state index in [4.69, 9.17) is 15.2 Å². The van der Waals surface area contributed by atoms with Crippen LogP contribution in [0, 0.1) is 17.7 Å². The minimum atomic E-state index is -0.547. The topological polar surface area (TPSA) is 86.5 Å². The van der Waals surface area contributed by atoms with Crippen LogP contribution in [0.1, 0.15) is 45.6 Å². The Kier molecular flexibility index (Phi) is 6.81. The number of amides is 1. The fourth-order valence-corrected chi connectivity index (χ4v) is 2.98. The van der Waals surface area contributed by atoms with Gasteiger partial charge in [-0.3, -0.25) is 4.98 Å². The monoisotopic (exact) mass is 423 g/mol. The third kappa shape index (κ3) is 6.75. The molecule has 1 aromatic heterocycles. The summed E-state index contributed by atoms with van der Waals surface area (Å²) in [5, 5.41) is 2.89. The molecule has 1 aromatic carbocycles. The Balaban J connectivity index is 1.65. The molecule has 1 unspecified atom stereocenters. The molecule has 7 heteroatoms. The van der Waals surface area contributed by atoms with Gasteiger partial charge in [-0.2, -0.15) is 0 Å². The van der Waals surface area contributed by atoms with Gasteiger partial charge in [0.05, 0.1) is 5.56 Å². The molecule has 1 atom stereocenters. The molecule has 1 aliphatic carbocycles. The Morgan fingerprint density at radius 1 is 1.26 bits per heavy atom. The van der Waals surface area contributed by atoms with Crippen molar-refractivity contribution in [3.8, 4) is 23.3 Å². The van der Waals surface area contributed by atoms with E-state index in [0.717, 1.165) is 18.4 Å². The number of pyridine rings is 1. The summed E-state index contributed by atoms with van der Waals surface area (Å²) in [5.74, 6) is 6.12. The van der Waals surface area contributed by atoms with Crippen molar-refractivity contribution in [3.63, 3.8) is 0 Å². The zero-order valence-electron chi connectivity index (χ0n) is 17.9. The Labute approximate surface area is 181 Å². The second kappa shape index (κ2) is 9.52. The first-order valence-corrected chi connectivity index (χ1v) is 10.1. The molecule has 3 rings (SSSR count). The van der Waals surface area contributed by atoms with Crippen LogP contribution in [-0.2, 0) is 4.74 Å². The predicted molar refractivity (Wildman–Crippen MR) is 117 cm³/mol. The number of alkyl carbamates (subject to hydrolysis) is 1. The van der Waals surface area contributed by atoms with Crippen LogP contribution in [0.2, 0.25) is 0 Å². The van der Waals surface area contributed by atoms with E-state index in [0.29, 0.717) is 23.4 Å². The van der Waals surface area contributed by atoms with Gasteiger partial charge in [-0.1, -0.05) is 17.9 Å². The summed E-state index contributed by atoms with van der Waals surface area (Å²) < 4.78 is 25.0. The highest BCUT2D eigenvalue weighted by atomic mass is 19.1. The molecule has 162 valence electrons. The number of nitrogens with two attached hydrogens (primary N) is 1. The normalized spacial score (nSPS) is 15.9. The molecule has 1 aliphatic rings. The zero-order valence-corrected chi connectivity index (χ0v) is 17.9. The summed E-state index contributed by atoms with van der Waals surface area (Å²) in [6.45, 7) is 5.50. The molecule has 1 heterocycles. The van der Waals surface area contributed by atoms with Gasteiger partial charge in [0.15, 0.2) is 11.6 Å². The van der Waals surface area contributed by atoms with E-state index in [-0.39, 0.29) is 11.8 Å². The second-order valence-corrected chi connectivity index (χ2v) is 8.26. The standard InChI is InChI=1S/C24H26FN3O3/c1-24(2,3)31-23(29)28-19-9-5-16(6-10-19)4-7-17-15-27-13-12-21(17)30-22-11-8-18(26)14-20(22)25/h5,8,11-15,19H,6,9-10,26H2,1-3H3,(H,28,29). The first-order valence-electron chi connectivity index (χ1n) is 10.1. The number of benzene rings is 1. The minimum Gasteiger partial charge on any atom is -0.453 e. The Bertz CT molecular complexity index is 1050. The molecule has 0 aliphatic heterocycles. The summed E-state index contributed by atoms with van der Waals surface area (Å²) in [7, 11) is 0. The molecule has 0 saturated heterocycles. The number of aromatic nitrogens is 1. The van der Waals surface area contributed by atoms with E-state index in [1.807, 2.05) is 26.8 Å². The van der Waals surface area contributed by atoms with Gasteiger partial charge >= 0.3 is 6.09 Å². The van der Waals surface area contributed by atoms with E-state index >= 15 is 0 Å². The highest BCUT2D eigenvalue weighted by molar-refractivity contribution is 5.68. The fraction of sp³-hybridized carbons (Fsp3) is 0.333. The summed E-state index contributed by atoms with van der Waals surface area (Å²) in [5.41, 5.74) is 6.90. The van der Waals surface area contributed by atoms with Crippen LogP contribution in [0.3, 0.4) is 0 Å². The molecule has 2 aromatic rings. The van der Waals surface area contributed by atoms with Gasteiger partial charge < -0.3 is 20.5 Å². The van der Waals surface area contributed by atoms with Crippen LogP contribution < -0.4 is 15.8 Å². The first kappa shape index (κ1) is 22.2. The van der Waals surface area contributed by atoms with Crippen LogP contribution in [0.25, 0.3) is 0 Å². The molecule has 0 saturated carbocycles. The van der Waals surface area contributed by atoms with Crippen molar-refractivity contribution in [2.45, 2.75) is 51.7 Å². The molecule has 6 nitrogen and oxygen atoms in total. The van der Waals surface area contributed by atoms with Crippen molar-refractivity contribution >= 4 is 11.8 Å². The van der Waals surface area contributed by atoms with Crippen molar-refractivity contribution in [2.75, 3.05) is 5.73 Å². The summed E-state index contributed by atoms with van der Waals surface area (Å²) in [6, 6.07) is 5.90. The van der Waals surface area contributed by atoms with Gasteiger partial charge in [-0.05, 0) is 57.7 Å². The summed E-state index contributed by atoms with van der Waals surface area (Å²) in [4.78, 5) is 16.0. The third-order valence-electron chi connectivity index (χ3n) is 4.45. The maximum atomic E-state index is 14.1. The van der Waals surface area contributed by atoms with Gasteiger partial charge in [0, 0.05) is 36.3 Å². The number of allylic oxidation sites excluding steroid dienone is 1. The average Bonchev–Trinajstić information content (AvgIpc) is 2.69. The largest absolute Gasteiger partial charge is 0.453 e. The number of nitrogens with one attached hydrogen (secondary N) is 1. The molecule has 1 amide bonds. The highest BCUT2D eigenvalue weighted by Crippen LogP contribution is 2.28. The fourth-order valence-electron chi connectivity index (χ4n) is 2.98. The lowest BCUT2D eigenvalue weighted by atomic mass is 9.95. The lowest BCUT2D eigenvalue weighted by molar-refractivity contribution is 0.0501. The van der Waals surface area contributed by atoms with Crippen molar-refractivity contribution in [1.82, 2.24) is 10.3 Å². The highest BCUT2D eigenvalue weighted by Gasteiger charge is 2.20. The van der Waals surface area contributed by atoms with E-state index in [1.54, 1.807) is 24.5 Å². The van der Waals surface area contributed by atoms with E-state index in [1.165, 1.54) is 12.1 Å². The quantitative estimate of drug-likeness (QED) is 0.539. The number of carbonyl (C=O) groups is 1. The Hall–Kier alpha value is -3.53. The van der Waals surface area contributed by atoms with Crippen LogP contribution in [0.4, 0.5) is 14.9 Å². The molecule has 0 bridgehead atoms. The number of carbonyl (C=O) groups excluding carboxylic acids is 1. The second-order valence-electron chi connectivity index (χ2n) is 8.26. The number of anilines is 1. The molecule has 0 spiro atoms. The first-order chi connectivity index (χ1) is 14.7. The predicted octanol–water partition coefficient (Wildman–Crippen LogP) is 4.95. The van der Waals surface area contributed by atoms with Gasteiger partial charge in [0.1, 0.15) is 11.4 Å². The maximum absolute atomic E-state index is 14.1. The third-order valence-corrected chi connectivity index (χ3v) is 4.45. The Morgan fingerprint density at radius 2 is 2.06 bits per heavy atom. The summed E-state index contributed by atoms with van der Waals surface area (Å²) >= 11 is 0. The molecule has 31 heavy (non-hydrogen) atoms. The number of nitrogens with zero attached hydrogens (tertiary/aromatic N) is 1. The molecule has 3 N–H and O–H groups in total. The van der Waals surface area contributed by atoms with Crippen molar-refractivity contribution in [1.29, 1.82) is 0 Å². The number of ether oxygens (including phenoxy) is 2. The molecular weight excluding hydrogens is 397 g/mol. The van der Waals surface area contributed by atoms with Gasteiger partial charge in [0.2, 0.25) is 0 Å². The van der Waals surface area contributed by atoms with Crippen LogP contribution in [0.15, 0.2) is 48.3 Å². The lowest BCUT2D eigenvalue weighted by Gasteiger charge is -2.24. The molecule has 0 radical (unpaired) electrons. The van der Waals surface area contributed by atoms with Crippen molar-refractivity contribution in [3.05, 3.63) is 59.7 Å². The smallest absolute Gasteiger partial charge is 0.407 e. The van der Waals surface area contributed by atoms with E-state index < -0.39 is 17.5 Å². The SMILES string of the molecule is CC(C)(C)OC(=O)NC1CC=C(C#Cc2cnccc2Oc2ccc(N)cc2F)CC1. The molecular formula is C24H26FN3O3. The zero-order chi connectivity index (χ0) is 22.4. The van der Waals surface area contributed by atoms with Gasteiger partial charge in [-0.15, -0.1) is 0 Å². The maximum Gasteiger partial charge on any atom is 0.407 e. The number of hydrogen-bond acceptors (Lipinski definition) is 5. The van der Waals surface area contributed by atoms with Crippen molar-refractivity contribution < 1.29 is 18.7 Å². The summed E-state index contributed by atoms with van der Waals surface area (Å²) in [6.07, 6.45) is 6.91. The number of nitrogen functional groups attached to an aromatic ring is 1. The number of halogens is 1. The van der Waals surface area contributed by atoms with E-state index in [9.17, 15) is 9.18 Å². The van der Waals surface area contributed by atoms with Crippen LogP contribution in [0.5, 0.6) is 11.5 Å². The van der Waals surface area contributed by atoms with E-state index in [2.05, 4.69) is 22.1 Å². The van der Waals surface area contributed by atoms with Crippen LogP contribution in [-0.4, -0.2) is 22.7 Å². The Morgan fingerprint density at radius 3 is 2.74 bits per heavy atom. The van der Waals surface area contributed by atoms with Crippen LogP contribution >= 0.6 is 0 Å². The van der Waals surface area contributed by atoms with Gasteiger partial charge in [0.25, 0.3) is 0 Å². The number of rotatable bonds is 3. The average molecular weight is 423 g/mol.